The summed E-state index contributed by atoms with van der Waals surface area (Å²) in [5.74, 6) is 1.40. The smallest absolute Gasteiger partial charge is 0.220 e. The zero-order chi connectivity index (χ0) is 15.5. The summed E-state index contributed by atoms with van der Waals surface area (Å²) in [6.45, 7) is 0. The first-order valence-corrected chi connectivity index (χ1v) is 8.39. The number of amides is 1. The average Bonchev–Trinajstić information content (AvgIpc) is 2.92. The molecule has 0 heterocycles. The van der Waals surface area contributed by atoms with Gasteiger partial charge in [-0.05, 0) is 61.3 Å². The number of aryl methyl sites for hydroxylation is 1. The number of nitrogens with one attached hydrogen (secondary N) is 1. The molecule has 1 amide bonds. The standard InChI is InChI=1S/C18H26N2O2/c1-22-14-8-9-15-12(10-14)4-3-7-17(15)20-18(21)11-13-5-2-6-16(13)19/h8-10,13,16-17H,2-7,11,19H2,1H3,(H,20,21)/t13-,16+,17?/m0/s1. The van der Waals surface area contributed by atoms with Crippen molar-refractivity contribution in [3.63, 3.8) is 0 Å². The lowest BCUT2D eigenvalue weighted by molar-refractivity contribution is -0.122. The highest BCUT2D eigenvalue weighted by Crippen LogP contribution is 2.33. The topological polar surface area (TPSA) is 64.3 Å². The lowest BCUT2D eigenvalue weighted by atomic mass is 9.87. The minimum Gasteiger partial charge on any atom is -0.497 e. The molecule has 4 nitrogen and oxygen atoms in total. The minimum atomic E-state index is 0.139. The monoisotopic (exact) mass is 302 g/mol. The van der Waals surface area contributed by atoms with Gasteiger partial charge in [-0.1, -0.05) is 12.5 Å². The molecule has 1 aromatic rings. The summed E-state index contributed by atoms with van der Waals surface area (Å²) in [7, 11) is 1.69. The summed E-state index contributed by atoms with van der Waals surface area (Å²) in [6, 6.07) is 6.52. The zero-order valence-electron chi connectivity index (χ0n) is 13.3. The van der Waals surface area contributed by atoms with E-state index in [-0.39, 0.29) is 18.0 Å². The van der Waals surface area contributed by atoms with Crippen LogP contribution in [-0.4, -0.2) is 19.1 Å². The first kappa shape index (κ1) is 15.3. The van der Waals surface area contributed by atoms with Gasteiger partial charge >= 0.3 is 0 Å². The van der Waals surface area contributed by atoms with E-state index in [1.54, 1.807) is 7.11 Å². The third-order valence-corrected chi connectivity index (χ3v) is 5.17. The van der Waals surface area contributed by atoms with Crippen LogP contribution in [0, 0.1) is 5.92 Å². The molecule has 3 N–H and O–H groups in total. The fraction of sp³-hybridized carbons (Fsp3) is 0.611. The van der Waals surface area contributed by atoms with Gasteiger partial charge in [-0.2, -0.15) is 0 Å². The molecule has 0 aromatic heterocycles. The van der Waals surface area contributed by atoms with Crippen LogP contribution in [0.2, 0.25) is 0 Å². The van der Waals surface area contributed by atoms with Crippen LogP contribution < -0.4 is 15.8 Å². The van der Waals surface area contributed by atoms with E-state index in [1.165, 1.54) is 11.1 Å². The van der Waals surface area contributed by atoms with Crippen LogP contribution in [0.1, 0.15) is 55.7 Å². The predicted octanol–water partition coefficient (Wildman–Crippen LogP) is 2.71. The first-order chi connectivity index (χ1) is 10.7. The summed E-state index contributed by atoms with van der Waals surface area (Å²) in [4.78, 5) is 12.4. The zero-order valence-corrected chi connectivity index (χ0v) is 13.3. The van der Waals surface area contributed by atoms with Crippen LogP contribution in [0.15, 0.2) is 18.2 Å². The summed E-state index contributed by atoms with van der Waals surface area (Å²) >= 11 is 0. The van der Waals surface area contributed by atoms with Crippen molar-refractivity contribution in [3.05, 3.63) is 29.3 Å². The molecule has 1 unspecified atom stereocenters. The number of methoxy groups -OCH3 is 1. The highest BCUT2D eigenvalue weighted by Gasteiger charge is 2.28. The molecule has 1 aromatic carbocycles. The molecular weight excluding hydrogens is 276 g/mol. The van der Waals surface area contributed by atoms with E-state index >= 15 is 0 Å². The molecule has 3 atom stereocenters. The van der Waals surface area contributed by atoms with E-state index < -0.39 is 0 Å². The second kappa shape index (κ2) is 6.69. The van der Waals surface area contributed by atoms with E-state index in [4.69, 9.17) is 10.5 Å². The molecule has 1 saturated carbocycles. The van der Waals surface area contributed by atoms with Gasteiger partial charge in [0.25, 0.3) is 0 Å². The van der Waals surface area contributed by atoms with Gasteiger partial charge in [0.2, 0.25) is 5.91 Å². The van der Waals surface area contributed by atoms with Crippen molar-refractivity contribution >= 4 is 5.91 Å². The van der Waals surface area contributed by atoms with Crippen molar-refractivity contribution in [2.45, 2.75) is 57.0 Å². The maximum atomic E-state index is 12.4. The second-order valence-electron chi connectivity index (χ2n) is 6.64. The molecule has 0 radical (unpaired) electrons. The summed E-state index contributed by atoms with van der Waals surface area (Å²) in [5, 5.41) is 3.22. The Bertz CT molecular complexity index is 544. The summed E-state index contributed by atoms with van der Waals surface area (Å²) in [5.41, 5.74) is 8.62. The molecule has 2 aliphatic carbocycles. The second-order valence-corrected chi connectivity index (χ2v) is 6.64. The van der Waals surface area contributed by atoms with Gasteiger partial charge in [0.05, 0.1) is 13.2 Å². The van der Waals surface area contributed by atoms with E-state index in [0.717, 1.165) is 44.3 Å². The molecular formula is C18H26N2O2. The number of carbonyl (C=O) groups is 1. The van der Waals surface area contributed by atoms with Gasteiger partial charge in [-0.15, -0.1) is 0 Å². The van der Waals surface area contributed by atoms with Gasteiger partial charge < -0.3 is 15.8 Å². The first-order valence-electron chi connectivity index (χ1n) is 8.39. The Morgan fingerprint density at radius 1 is 1.32 bits per heavy atom. The van der Waals surface area contributed by atoms with Crippen molar-refractivity contribution < 1.29 is 9.53 Å². The van der Waals surface area contributed by atoms with Gasteiger partial charge in [-0.25, -0.2) is 0 Å². The van der Waals surface area contributed by atoms with E-state index in [1.807, 2.05) is 6.07 Å². The number of hydrogen-bond acceptors (Lipinski definition) is 3. The summed E-state index contributed by atoms with van der Waals surface area (Å²) in [6.07, 6.45) is 7.06. The van der Waals surface area contributed by atoms with Gasteiger partial charge in [0, 0.05) is 12.5 Å². The van der Waals surface area contributed by atoms with Crippen molar-refractivity contribution in [1.82, 2.24) is 5.32 Å². The van der Waals surface area contributed by atoms with Crippen LogP contribution in [-0.2, 0) is 11.2 Å². The van der Waals surface area contributed by atoms with Crippen LogP contribution in [0.5, 0.6) is 5.75 Å². The molecule has 2 aliphatic rings. The van der Waals surface area contributed by atoms with Crippen molar-refractivity contribution in [2.75, 3.05) is 7.11 Å². The predicted molar refractivity (Wildman–Crippen MR) is 86.7 cm³/mol. The molecule has 0 aliphatic heterocycles. The van der Waals surface area contributed by atoms with Crippen LogP contribution in [0.4, 0.5) is 0 Å². The van der Waals surface area contributed by atoms with Crippen LogP contribution >= 0.6 is 0 Å². The Balaban J connectivity index is 1.65. The number of rotatable bonds is 4. The quantitative estimate of drug-likeness (QED) is 0.899. The van der Waals surface area contributed by atoms with Gasteiger partial charge in [0.1, 0.15) is 5.75 Å². The fourth-order valence-electron chi connectivity index (χ4n) is 3.88. The van der Waals surface area contributed by atoms with E-state index in [0.29, 0.717) is 12.3 Å². The molecule has 3 rings (SSSR count). The lowest BCUT2D eigenvalue weighted by Crippen LogP contribution is -2.35. The van der Waals surface area contributed by atoms with Crippen LogP contribution in [0.25, 0.3) is 0 Å². The number of ether oxygens (including phenoxy) is 1. The Morgan fingerprint density at radius 3 is 2.91 bits per heavy atom. The Kier molecular flexibility index (Phi) is 4.67. The Morgan fingerprint density at radius 2 is 2.18 bits per heavy atom. The minimum absolute atomic E-state index is 0.139. The molecule has 0 saturated heterocycles. The maximum Gasteiger partial charge on any atom is 0.220 e. The van der Waals surface area contributed by atoms with Gasteiger partial charge in [0.15, 0.2) is 0 Å². The largest absolute Gasteiger partial charge is 0.497 e. The van der Waals surface area contributed by atoms with Crippen molar-refractivity contribution in [3.8, 4) is 5.75 Å². The number of fused-ring (bicyclic) bond motifs is 1. The van der Waals surface area contributed by atoms with Gasteiger partial charge in [-0.3, -0.25) is 4.79 Å². The third kappa shape index (κ3) is 3.27. The molecule has 120 valence electrons. The van der Waals surface area contributed by atoms with Crippen molar-refractivity contribution in [1.29, 1.82) is 0 Å². The fourth-order valence-corrected chi connectivity index (χ4v) is 3.88. The van der Waals surface area contributed by atoms with Crippen LogP contribution in [0.3, 0.4) is 0 Å². The normalized spacial score (nSPS) is 27.3. The summed E-state index contributed by atoms with van der Waals surface area (Å²) < 4.78 is 5.30. The third-order valence-electron chi connectivity index (χ3n) is 5.17. The highest BCUT2D eigenvalue weighted by molar-refractivity contribution is 5.77. The molecule has 1 fully saturated rings. The highest BCUT2D eigenvalue weighted by atomic mass is 16.5. The molecule has 0 bridgehead atoms. The number of hydrogen-bond donors (Lipinski definition) is 2. The average molecular weight is 302 g/mol. The van der Waals surface area contributed by atoms with E-state index in [9.17, 15) is 4.79 Å². The Labute approximate surface area is 132 Å². The Hall–Kier alpha value is -1.55. The maximum absolute atomic E-state index is 12.4. The SMILES string of the molecule is COc1ccc2c(c1)CCCC2NC(=O)C[C@@H]1CCC[C@H]1N. The molecule has 22 heavy (non-hydrogen) atoms. The molecule has 0 spiro atoms. The lowest BCUT2D eigenvalue weighted by Gasteiger charge is -2.27. The molecule has 4 heteroatoms. The number of carbonyl (C=O) groups excluding carboxylic acids is 1. The van der Waals surface area contributed by atoms with Crippen molar-refractivity contribution in [2.24, 2.45) is 11.7 Å². The number of benzene rings is 1. The number of nitrogens with two attached hydrogens (primary N) is 1. The van der Waals surface area contributed by atoms with E-state index in [2.05, 4.69) is 17.4 Å².